The van der Waals surface area contributed by atoms with Crippen molar-refractivity contribution in [2.45, 2.75) is 326 Å². The molecule has 1 saturated heterocycles. The second-order valence-electron chi connectivity index (χ2n) is 20.7. The summed E-state index contributed by atoms with van der Waals surface area (Å²) in [6.07, 6.45) is 45.2. The zero-order chi connectivity index (χ0) is 50.4. The molecule has 9 unspecified atom stereocenters. The van der Waals surface area contributed by atoms with Crippen LogP contribution in [0, 0.1) is 0 Å². The van der Waals surface area contributed by atoms with Crippen molar-refractivity contribution >= 4 is 5.91 Å². The largest absolute Gasteiger partial charge is 0.394 e. The summed E-state index contributed by atoms with van der Waals surface area (Å²) in [5.41, 5.74) is 0. The average molecular weight is 983 g/mol. The van der Waals surface area contributed by atoms with Gasteiger partial charge in [-0.05, 0) is 51.4 Å². The molecule has 0 saturated carbocycles. The number of unbranched alkanes of at least 4 members (excludes halogenated alkanes) is 34. The maximum absolute atomic E-state index is 13.2. The van der Waals surface area contributed by atoms with Crippen LogP contribution in [0.3, 0.4) is 0 Å². The second kappa shape index (κ2) is 47.6. The van der Waals surface area contributed by atoms with Gasteiger partial charge in [0.25, 0.3) is 0 Å². The van der Waals surface area contributed by atoms with E-state index in [9.17, 15) is 40.5 Å². The molecule has 9 atom stereocenters. The van der Waals surface area contributed by atoms with Crippen LogP contribution >= 0.6 is 0 Å². The fourth-order valence-electron chi connectivity index (χ4n) is 9.46. The third kappa shape index (κ3) is 36.2. The molecule has 11 heteroatoms. The average Bonchev–Trinajstić information content (AvgIpc) is 3.35. The van der Waals surface area contributed by atoms with Gasteiger partial charge in [0.1, 0.15) is 36.6 Å². The van der Waals surface area contributed by atoms with Gasteiger partial charge < -0.3 is 50.5 Å². The molecule has 408 valence electrons. The summed E-state index contributed by atoms with van der Waals surface area (Å²) in [6, 6.07) is -1.19. The maximum Gasteiger partial charge on any atom is 0.249 e. The van der Waals surface area contributed by atoms with Gasteiger partial charge in [-0.15, -0.1) is 0 Å². The first-order valence-corrected chi connectivity index (χ1v) is 29.2. The summed E-state index contributed by atoms with van der Waals surface area (Å²) in [5, 5.41) is 76.1. The van der Waals surface area contributed by atoms with Crippen molar-refractivity contribution in [3.8, 4) is 0 Å². The van der Waals surface area contributed by atoms with Crippen LogP contribution in [0.2, 0.25) is 0 Å². The first kappa shape index (κ1) is 65.6. The maximum atomic E-state index is 13.2. The van der Waals surface area contributed by atoms with Gasteiger partial charge in [-0.25, -0.2) is 0 Å². The summed E-state index contributed by atoms with van der Waals surface area (Å²) in [5.74, 6) is -0.706. The molecule has 1 fully saturated rings. The molecule has 0 aromatic heterocycles. The summed E-state index contributed by atoms with van der Waals surface area (Å²) in [6.45, 7) is 3.47. The van der Waals surface area contributed by atoms with E-state index in [2.05, 4.69) is 43.5 Å². The molecule has 1 rings (SSSR count). The number of nitrogens with one attached hydrogen (secondary N) is 1. The molecule has 1 heterocycles. The number of amides is 1. The first-order valence-electron chi connectivity index (χ1n) is 29.2. The minimum atomic E-state index is -1.67. The Morgan fingerprint density at radius 2 is 0.870 bits per heavy atom. The van der Waals surface area contributed by atoms with E-state index in [4.69, 9.17) is 9.47 Å². The van der Waals surface area contributed by atoms with Crippen molar-refractivity contribution in [3.63, 3.8) is 0 Å². The van der Waals surface area contributed by atoms with Gasteiger partial charge in [0.2, 0.25) is 5.91 Å². The monoisotopic (exact) mass is 982 g/mol. The van der Waals surface area contributed by atoms with Crippen LogP contribution < -0.4 is 5.32 Å². The number of hydrogen-bond acceptors (Lipinski definition) is 10. The fraction of sp³-hybridized carbons (Fsp3) is 0.914. The topological polar surface area (TPSA) is 189 Å². The van der Waals surface area contributed by atoms with Crippen molar-refractivity contribution in [1.29, 1.82) is 0 Å². The Balaban J connectivity index is 2.34. The zero-order valence-electron chi connectivity index (χ0n) is 44.6. The van der Waals surface area contributed by atoms with Gasteiger partial charge in [0.15, 0.2) is 6.29 Å². The minimum absolute atomic E-state index is 0.249. The highest BCUT2D eigenvalue weighted by Crippen LogP contribution is 2.23. The quantitative estimate of drug-likeness (QED) is 0.0215. The van der Waals surface area contributed by atoms with Crippen LogP contribution in [0.15, 0.2) is 24.3 Å². The van der Waals surface area contributed by atoms with Crippen molar-refractivity contribution < 1.29 is 50.0 Å². The van der Waals surface area contributed by atoms with Crippen LogP contribution in [0.5, 0.6) is 0 Å². The Morgan fingerprint density at radius 1 is 0.493 bits per heavy atom. The van der Waals surface area contributed by atoms with Crippen molar-refractivity contribution in [1.82, 2.24) is 5.32 Å². The molecule has 1 amide bonds. The summed E-state index contributed by atoms with van der Waals surface area (Å²) >= 11 is 0. The van der Waals surface area contributed by atoms with E-state index in [-0.39, 0.29) is 12.8 Å². The number of aliphatic hydroxyl groups is 7. The molecule has 1 aliphatic heterocycles. The van der Waals surface area contributed by atoms with E-state index < -0.39 is 74.2 Å². The second-order valence-corrected chi connectivity index (χ2v) is 20.7. The molecule has 0 aromatic carbocycles. The van der Waals surface area contributed by atoms with Crippen molar-refractivity contribution in [2.75, 3.05) is 13.2 Å². The lowest BCUT2D eigenvalue weighted by Crippen LogP contribution is -2.60. The smallest absolute Gasteiger partial charge is 0.249 e. The number of rotatable bonds is 50. The molecule has 8 N–H and O–H groups in total. The summed E-state index contributed by atoms with van der Waals surface area (Å²) < 4.78 is 11.1. The Morgan fingerprint density at radius 3 is 1.29 bits per heavy atom. The van der Waals surface area contributed by atoms with E-state index in [1.54, 1.807) is 0 Å². The lowest BCUT2D eigenvalue weighted by atomic mass is 9.98. The molecule has 0 radical (unpaired) electrons. The minimum Gasteiger partial charge on any atom is -0.394 e. The molecule has 0 aliphatic carbocycles. The highest BCUT2D eigenvalue weighted by atomic mass is 16.7. The van der Waals surface area contributed by atoms with E-state index in [0.29, 0.717) is 19.3 Å². The third-order valence-electron chi connectivity index (χ3n) is 14.2. The number of ether oxygens (including phenoxy) is 2. The Kier molecular flexibility index (Phi) is 45.2. The highest BCUT2D eigenvalue weighted by Gasteiger charge is 2.44. The molecular formula is C58H111NO10. The van der Waals surface area contributed by atoms with Gasteiger partial charge in [-0.1, -0.05) is 244 Å². The van der Waals surface area contributed by atoms with Gasteiger partial charge >= 0.3 is 0 Å². The molecule has 0 spiro atoms. The van der Waals surface area contributed by atoms with Gasteiger partial charge in [0, 0.05) is 0 Å². The molecule has 11 nitrogen and oxygen atoms in total. The van der Waals surface area contributed by atoms with Crippen molar-refractivity contribution in [2.24, 2.45) is 0 Å². The number of carbonyl (C=O) groups is 1. The lowest BCUT2D eigenvalue weighted by molar-refractivity contribution is -0.303. The standard InChI is InChI=1S/C58H111NO10/c1-3-5-7-9-11-13-15-17-19-21-23-25-26-28-29-31-33-35-37-39-41-43-45-50(61)53(63)49(48-68-58-56(66)55(65)54(64)52(47-60)69-58)59-57(67)51(62)46-44-42-40-38-36-34-32-30-27-24-22-20-18-16-14-12-10-8-6-4-2/h29,31,37,39,49-56,58,60-66H,3-28,30,32-36,38,40-48H2,1-2H3,(H,59,67)/b31-29+,39-37+. The zero-order valence-corrected chi connectivity index (χ0v) is 44.6. The number of carbonyl (C=O) groups excluding carboxylic acids is 1. The predicted octanol–water partition coefficient (Wildman–Crippen LogP) is 12.1. The summed E-state index contributed by atoms with van der Waals surface area (Å²) in [4.78, 5) is 13.2. The van der Waals surface area contributed by atoms with Crippen LogP contribution in [0.1, 0.15) is 271 Å². The van der Waals surface area contributed by atoms with Crippen molar-refractivity contribution in [3.05, 3.63) is 24.3 Å². The van der Waals surface area contributed by atoms with Crippen LogP contribution in [-0.2, 0) is 14.3 Å². The Labute approximate surface area is 423 Å². The summed E-state index contributed by atoms with van der Waals surface area (Å²) in [7, 11) is 0. The third-order valence-corrected chi connectivity index (χ3v) is 14.2. The van der Waals surface area contributed by atoms with Crippen LogP contribution in [0.4, 0.5) is 0 Å². The number of hydrogen-bond donors (Lipinski definition) is 8. The SMILES string of the molecule is CCCCCCCCCCCCCCC/C=C/CC/C=C/CCCC(O)C(O)C(COC1OC(CO)C(O)C(O)C1O)NC(=O)C(O)CCCCCCCCCCCCCCCCCCCCCC. The first-order chi connectivity index (χ1) is 33.7. The molecule has 69 heavy (non-hydrogen) atoms. The molecule has 1 aliphatic rings. The van der Waals surface area contributed by atoms with E-state index >= 15 is 0 Å². The lowest BCUT2D eigenvalue weighted by Gasteiger charge is -2.40. The van der Waals surface area contributed by atoms with Crippen LogP contribution in [0.25, 0.3) is 0 Å². The van der Waals surface area contributed by atoms with E-state index in [1.807, 2.05) is 0 Å². The van der Waals surface area contributed by atoms with Gasteiger partial charge in [-0.2, -0.15) is 0 Å². The molecule has 0 aromatic rings. The number of aliphatic hydroxyl groups excluding tert-OH is 7. The fourth-order valence-corrected chi connectivity index (χ4v) is 9.46. The Bertz CT molecular complexity index is 1170. The molecule has 0 bridgehead atoms. The van der Waals surface area contributed by atoms with E-state index in [0.717, 1.165) is 38.5 Å². The molecular weight excluding hydrogens is 871 g/mol. The highest BCUT2D eigenvalue weighted by molar-refractivity contribution is 5.80. The predicted molar refractivity (Wildman–Crippen MR) is 284 cm³/mol. The Hall–Kier alpha value is -1.41. The van der Waals surface area contributed by atoms with Gasteiger partial charge in [-0.3, -0.25) is 4.79 Å². The van der Waals surface area contributed by atoms with Gasteiger partial charge in [0.05, 0.1) is 25.4 Å². The van der Waals surface area contributed by atoms with E-state index in [1.165, 1.54) is 186 Å². The normalized spacial score (nSPS) is 20.5. The van der Waals surface area contributed by atoms with Crippen LogP contribution in [-0.4, -0.2) is 110 Å². The number of allylic oxidation sites excluding steroid dienone is 4.